The van der Waals surface area contributed by atoms with Crippen molar-refractivity contribution in [2.45, 2.75) is 38.8 Å². The minimum atomic E-state index is 0.0586. The van der Waals surface area contributed by atoms with Crippen LogP contribution in [-0.4, -0.2) is 14.8 Å². The summed E-state index contributed by atoms with van der Waals surface area (Å²) >= 11 is 0. The Labute approximate surface area is 113 Å². The molecule has 102 valence electrons. The lowest BCUT2D eigenvalue weighted by Crippen LogP contribution is -2.29. The van der Waals surface area contributed by atoms with Crippen LogP contribution in [0.25, 0.3) is 0 Å². The fraction of sp³-hybridized carbons (Fsp3) is 0.429. The van der Waals surface area contributed by atoms with Crippen LogP contribution >= 0.6 is 0 Å². The van der Waals surface area contributed by atoms with E-state index < -0.39 is 0 Å². The van der Waals surface area contributed by atoms with Crippen molar-refractivity contribution in [2.24, 2.45) is 5.84 Å². The zero-order valence-electron chi connectivity index (χ0n) is 11.5. The lowest BCUT2D eigenvalue weighted by atomic mass is 10.0. The molecule has 0 saturated carbocycles. The van der Waals surface area contributed by atoms with Crippen molar-refractivity contribution < 1.29 is 0 Å². The molecular formula is C14H21N5. The maximum absolute atomic E-state index is 5.64. The summed E-state index contributed by atoms with van der Waals surface area (Å²) in [5, 5.41) is 4.60. The Morgan fingerprint density at radius 1 is 1.32 bits per heavy atom. The van der Waals surface area contributed by atoms with Crippen LogP contribution < -0.4 is 11.3 Å². The van der Waals surface area contributed by atoms with Gasteiger partial charge in [-0.05, 0) is 37.1 Å². The Kier molecular flexibility index (Phi) is 4.65. The second kappa shape index (κ2) is 6.45. The third kappa shape index (κ3) is 3.39. The zero-order chi connectivity index (χ0) is 13.7. The minimum absolute atomic E-state index is 0.0586. The Balaban J connectivity index is 2.09. The van der Waals surface area contributed by atoms with Crippen LogP contribution in [0.4, 0.5) is 0 Å². The number of pyridine rings is 1. The Morgan fingerprint density at radius 2 is 2.05 bits per heavy atom. The van der Waals surface area contributed by atoms with Gasteiger partial charge in [0.25, 0.3) is 0 Å². The molecule has 0 fully saturated rings. The minimum Gasteiger partial charge on any atom is -0.271 e. The number of rotatable bonds is 6. The average Bonchev–Trinajstić information content (AvgIpc) is 2.93. The highest BCUT2D eigenvalue weighted by molar-refractivity contribution is 5.17. The first-order valence-electron chi connectivity index (χ1n) is 6.64. The van der Waals surface area contributed by atoms with Gasteiger partial charge < -0.3 is 0 Å². The van der Waals surface area contributed by atoms with Crippen LogP contribution in [0, 0.1) is 0 Å². The molecule has 0 radical (unpaired) electrons. The van der Waals surface area contributed by atoms with Crippen molar-refractivity contribution in [3.63, 3.8) is 0 Å². The summed E-state index contributed by atoms with van der Waals surface area (Å²) in [6.45, 7) is 4.32. The maximum Gasteiger partial charge on any atom is 0.0644 e. The summed E-state index contributed by atoms with van der Waals surface area (Å²) in [5.74, 6) is 5.64. The molecule has 0 amide bonds. The van der Waals surface area contributed by atoms with Crippen LogP contribution in [0.15, 0.2) is 36.8 Å². The number of hydrogen-bond donors (Lipinski definition) is 2. The van der Waals surface area contributed by atoms with Crippen molar-refractivity contribution >= 4 is 0 Å². The topological polar surface area (TPSA) is 68.8 Å². The summed E-state index contributed by atoms with van der Waals surface area (Å²) in [6, 6.07) is 6.48. The van der Waals surface area contributed by atoms with Crippen LogP contribution in [0.5, 0.6) is 0 Å². The molecule has 2 aromatic heterocycles. The van der Waals surface area contributed by atoms with Gasteiger partial charge in [-0.1, -0.05) is 6.92 Å². The van der Waals surface area contributed by atoms with Gasteiger partial charge in [0.05, 0.1) is 11.7 Å². The van der Waals surface area contributed by atoms with Gasteiger partial charge in [0.1, 0.15) is 0 Å². The molecule has 0 saturated heterocycles. The fourth-order valence-corrected chi connectivity index (χ4v) is 2.00. The Morgan fingerprint density at radius 3 is 2.68 bits per heavy atom. The first-order valence-corrected chi connectivity index (χ1v) is 6.64. The molecule has 5 nitrogen and oxygen atoms in total. The predicted octanol–water partition coefficient (Wildman–Crippen LogP) is 2.00. The SMILES string of the molecule is CCC(C)n1ccc(CC(NN)c2ccncc2)n1. The van der Waals surface area contributed by atoms with Crippen molar-refractivity contribution in [1.29, 1.82) is 0 Å². The van der Waals surface area contributed by atoms with E-state index in [1.807, 2.05) is 23.0 Å². The molecule has 0 aliphatic rings. The number of aromatic nitrogens is 3. The van der Waals surface area contributed by atoms with E-state index in [0.717, 1.165) is 24.1 Å². The van der Waals surface area contributed by atoms with Gasteiger partial charge >= 0.3 is 0 Å². The van der Waals surface area contributed by atoms with Crippen molar-refractivity contribution in [1.82, 2.24) is 20.2 Å². The highest BCUT2D eigenvalue weighted by Gasteiger charge is 2.13. The molecular weight excluding hydrogens is 238 g/mol. The second-order valence-corrected chi connectivity index (χ2v) is 4.75. The Hall–Kier alpha value is -1.72. The molecule has 0 spiro atoms. The van der Waals surface area contributed by atoms with E-state index in [1.54, 1.807) is 12.4 Å². The molecule has 2 heterocycles. The summed E-state index contributed by atoms with van der Waals surface area (Å²) < 4.78 is 2.01. The van der Waals surface area contributed by atoms with Crippen molar-refractivity contribution in [3.8, 4) is 0 Å². The summed E-state index contributed by atoms with van der Waals surface area (Å²) in [7, 11) is 0. The zero-order valence-corrected chi connectivity index (χ0v) is 11.5. The molecule has 0 aliphatic heterocycles. The normalized spacial score (nSPS) is 14.3. The van der Waals surface area contributed by atoms with Crippen LogP contribution in [-0.2, 0) is 6.42 Å². The molecule has 0 aromatic carbocycles. The first kappa shape index (κ1) is 13.7. The number of nitrogens with zero attached hydrogens (tertiary/aromatic N) is 3. The third-order valence-corrected chi connectivity index (χ3v) is 3.43. The summed E-state index contributed by atoms with van der Waals surface area (Å²) in [5.41, 5.74) is 5.00. The van der Waals surface area contributed by atoms with E-state index >= 15 is 0 Å². The number of hydrogen-bond acceptors (Lipinski definition) is 4. The number of nitrogens with one attached hydrogen (secondary N) is 1. The molecule has 2 rings (SSSR count). The first-order chi connectivity index (χ1) is 9.24. The van der Waals surface area contributed by atoms with E-state index in [2.05, 4.69) is 35.4 Å². The molecule has 0 aliphatic carbocycles. The lowest BCUT2D eigenvalue weighted by molar-refractivity contribution is 0.467. The summed E-state index contributed by atoms with van der Waals surface area (Å²) in [4.78, 5) is 4.02. The van der Waals surface area contributed by atoms with E-state index in [0.29, 0.717) is 6.04 Å². The van der Waals surface area contributed by atoms with E-state index in [1.165, 1.54) is 0 Å². The fourth-order valence-electron chi connectivity index (χ4n) is 2.00. The highest BCUT2D eigenvalue weighted by Crippen LogP contribution is 2.17. The second-order valence-electron chi connectivity index (χ2n) is 4.75. The molecule has 5 heteroatoms. The molecule has 0 bridgehead atoms. The lowest BCUT2D eigenvalue weighted by Gasteiger charge is -2.15. The molecule has 3 N–H and O–H groups in total. The third-order valence-electron chi connectivity index (χ3n) is 3.43. The molecule has 2 aromatic rings. The smallest absolute Gasteiger partial charge is 0.0644 e. The van der Waals surface area contributed by atoms with E-state index in [4.69, 9.17) is 5.84 Å². The molecule has 2 atom stereocenters. The van der Waals surface area contributed by atoms with Crippen LogP contribution in [0.2, 0.25) is 0 Å². The number of nitrogens with two attached hydrogens (primary N) is 1. The van der Waals surface area contributed by atoms with Crippen molar-refractivity contribution in [3.05, 3.63) is 48.0 Å². The summed E-state index contributed by atoms with van der Waals surface area (Å²) in [6.07, 6.45) is 7.42. The van der Waals surface area contributed by atoms with E-state index in [9.17, 15) is 0 Å². The molecule has 2 unspecified atom stereocenters. The maximum atomic E-state index is 5.64. The van der Waals surface area contributed by atoms with Gasteiger partial charge in [0.2, 0.25) is 0 Å². The van der Waals surface area contributed by atoms with E-state index in [-0.39, 0.29) is 6.04 Å². The van der Waals surface area contributed by atoms with Crippen molar-refractivity contribution in [2.75, 3.05) is 0 Å². The van der Waals surface area contributed by atoms with Gasteiger partial charge in [-0.15, -0.1) is 0 Å². The number of hydrazine groups is 1. The quantitative estimate of drug-likeness (QED) is 0.615. The monoisotopic (exact) mass is 259 g/mol. The van der Waals surface area contributed by atoms with Gasteiger partial charge in [0.15, 0.2) is 0 Å². The standard InChI is InChI=1S/C14H21N5/c1-3-11(2)19-9-6-13(18-19)10-14(17-15)12-4-7-16-8-5-12/h4-9,11,14,17H,3,10,15H2,1-2H3. The van der Waals surface area contributed by atoms with Crippen LogP contribution in [0.3, 0.4) is 0 Å². The van der Waals surface area contributed by atoms with Crippen LogP contribution in [0.1, 0.15) is 43.6 Å². The van der Waals surface area contributed by atoms with Gasteiger partial charge in [0, 0.05) is 31.1 Å². The predicted molar refractivity (Wildman–Crippen MR) is 75.2 cm³/mol. The average molecular weight is 259 g/mol. The van der Waals surface area contributed by atoms with Gasteiger partial charge in [-0.2, -0.15) is 5.10 Å². The van der Waals surface area contributed by atoms with Gasteiger partial charge in [-0.3, -0.25) is 20.9 Å². The highest BCUT2D eigenvalue weighted by atomic mass is 15.3. The molecule has 19 heavy (non-hydrogen) atoms. The Bertz CT molecular complexity index is 494. The largest absolute Gasteiger partial charge is 0.271 e. The van der Waals surface area contributed by atoms with Gasteiger partial charge in [-0.25, -0.2) is 0 Å².